The molecule has 3 heterocycles. The zero-order chi connectivity index (χ0) is 25.6. The lowest BCUT2D eigenvalue weighted by atomic mass is 9.98. The van der Waals surface area contributed by atoms with Crippen molar-refractivity contribution in [1.29, 1.82) is 0 Å². The van der Waals surface area contributed by atoms with Gasteiger partial charge in [0.25, 0.3) is 5.56 Å². The molecule has 184 valence electrons. The molecule has 0 aliphatic carbocycles. The average molecular weight is 491 g/mol. The van der Waals surface area contributed by atoms with Crippen LogP contribution >= 0.6 is 0 Å². The van der Waals surface area contributed by atoms with Crippen LogP contribution in [-0.4, -0.2) is 30.6 Å². The molecule has 0 fully saturated rings. The van der Waals surface area contributed by atoms with Crippen molar-refractivity contribution in [2.24, 2.45) is 0 Å². The van der Waals surface area contributed by atoms with E-state index in [0.29, 0.717) is 35.7 Å². The lowest BCUT2D eigenvalue weighted by Crippen LogP contribution is -2.29. The van der Waals surface area contributed by atoms with Crippen LogP contribution in [0.3, 0.4) is 0 Å². The van der Waals surface area contributed by atoms with E-state index >= 15 is 0 Å². The fourth-order valence-corrected chi connectivity index (χ4v) is 4.20. The van der Waals surface area contributed by atoms with E-state index in [2.05, 4.69) is 49.6 Å². The Morgan fingerprint density at radius 1 is 0.973 bits per heavy atom. The molecule has 0 unspecified atom stereocenters. The van der Waals surface area contributed by atoms with E-state index in [1.165, 1.54) is 0 Å². The number of aryl methyl sites for hydroxylation is 1. The fraction of sp³-hybridized carbons (Fsp3) is 0.138. The highest BCUT2D eigenvalue weighted by molar-refractivity contribution is 5.79. The molecule has 8 nitrogen and oxygen atoms in total. The van der Waals surface area contributed by atoms with Gasteiger partial charge in [-0.15, -0.1) is 0 Å². The molecule has 2 aromatic carbocycles. The van der Waals surface area contributed by atoms with Gasteiger partial charge < -0.3 is 10.3 Å². The van der Waals surface area contributed by atoms with E-state index in [1.807, 2.05) is 47.3 Å². The highest BCUT2D eigenvalue weighted by Gasteiger charge is 2.14. The number of aromatic amines is 1. The molecular weight excluding hydrogens is 464 g/mol. The van der Waals surface area contributed by atoms with Gasteiger partial charge >= 0.3 is 0 Å². The molecule has 1 amide bonds. The second-order valence-electron chi connectivity index (χ2n) is 8.73. The Hall–Kier alpha value is -4.85. The number of nitrogens with zero attached hydrogens (tertiary/aromatic N) is 4. The molecule has 8 heteroatoms. The fourth-order valence-electron chi connectivity index (χ4n) is 4.20. The molecule has 0 saturated heterocycles. The molecule has 3 aromatic heterocycles. The van der Waals surface area contributed by atoms with E-state index < -0.39 is 0 Å². The molecule has 0 atom stereocenters. The zero-order valence-electron chi connectivity index (χ0n) is 20.4. The van der Waals surface area contributed by atoms with Crippen molar-refractivity contribution in [3.05, 3.63) is 124 Å². The van der Waals surface area contributed by atoms with Crippen LogP contribution in [0.5, 0.6) is 0 Å². The third kappa shape index (κ3) is 5.70. The molecule has 0 saturated carbocycles. The maximum absolute atomic E-state index is 12.8. The zero-order valence-corrected chi connectivity index (χ0v) is 20.4. The third-order valence-corrected chi connectivity index (χ3v) is 6.16. The van der Waals surface area contributed by atoms with Crippen LogP contribution in [0.1, 0.15) is 22.4 Å². The number of hydrogen-bond acceptors (Lipinski definition) is 5. The first-order chi connectivity index (χ1) is 18.1. The summed E-state index contributed by atoms with van der Waals surface area (Å²) in [5.41, 5.74) is 5.52. The maximum Gasteiger partial charge on any atom is 0.255 e. The summed E-state index contributed by atoms with van der Waals surface area (Å²) in [5, 5.41) is 7.21. The quantitative estimate of drug-likeness (QED) is 0.343. The van der Waals surface area contributed by atoms with Crippen molar-refractivity contribution in [3.63, 3.8) is 0 Å². The van der Waals surface area contributed by atoms with Gasteiger partial charge in [-0.25, -0.2) is 4.98 Å². The van der Waals surface area contributed by atoms with E-state index in [0.717, 1.165) is 22.3 Å². The summed E-state index contributed by atoms with van der Waals surface area (Å²) >= 11 is 0. The first-order valence-corrected chi connectivity index (χ1v) is 12.0. The van der Waals surface area contributed by atoms with E-state index in [1.54, 1.807) is 31.6 Å². The Labute approximate surface area is 214 Å². The van der Waals surface area contributed by atoms with Crippen molar-refractivity contribution in [2.45, 2.75) is 26.4 Å². The summed E-state index contributed by atoms with van der Waals surface area (Å²) in [5.74, 6) is 0.193. The second kappa shape index (κ2) is 10.8. The van der Waals surface area contributed by atoms with E-state index in [-0.39, 0.29) is 17.9 Å². The first kappa shape index (κ1) is 23.9. The number of pyridine rings is 1. The Morgan fingerprint density at radius 2 is 1.81 bits per heavy atom. The molecular formula is C29H26N6O2. The summed E-state index contributed by atoms with van der Waals surface area (Å²) in [6.45, 7) is 2.80. The number of hydrogen-bond donors (Lipinski definition) is 2. The molecule has 0 spiro atoms. The third-order valence-electron chi connectivity index (χ3n) is 6.16. The molecule has 0 aliphatic rings. The molecule has 5 rings (SSSR count). The maximum atomic E-state index is 12.8. The normalized spacial score (nSPS) is 10.8. The first-order valence-electron chi connectivity index (χ1n) is 12.0. The Kier molecular flexibility index (Phi) is 6.98. The van der Waals surface area contributed by atoms with Gasteiger partial charge in [-0.2, -0.15) is 5.10 Å². The van der Waals surface area contributed by atoms with Gasteiger partial charge in [-0.05, 0) is 47.4 Å². The van der Waals surface area contributed by atoms with Crippen LogP contribution in [0.2, 0.25) is 0 Å². The van der Waals surface area contributed by atoms with Crippen LogP contribution in [0.4, 0.5) is 0 Å². The average Bonchev–Trinajstić information content (AvgIpc) is 3.44. The van der Waals surface area contributed by atoms with Gasteiger partial charge in [0, 0.05) is 48.2 Å². The summed E-state index contributed by atoms with van der Waals surface area (Å²) in [6.07, 6.45) is 6.94. The summed E-state index contributed by atoms with van der Waals surface area (Å²) in [6, 6.07) is 21.8. The smallest absolute Gasteiger partial charge is 0.255 e. The number of nitrogens with one attached hydrogen (secondary N) is 2. The molecule has 0 aliphatic heterocycles. The molecule has 37 heavy (non-hydrogen) atoms. The number of amides is 1. The Balaban J connectivity index is 1.26. The molecule has 2 N–H and O–H groups in total. The lowest BCUT2D eigenvalue weighted by molar-refractivity contribution is -0.120. The monoisotopic (exact) mass is 490 g/mol. The van der Waals surface area contributed by atoms with Gasteiger partial charge in [0.05, 0.1) is 13.0 Å². The highest BCUT2D eigenvalue weighted by atomic mass is 16.2. The summed E-state index contributed by atoms with van der Waals surface area (Å²) in [7, 11) is 0. The van der Waals surface area contributed by atoms with Crippen molar-refractivity contribution in [1.82, 2.24) is 30.0 Å². The number of aromatic nitrogens is 5. The van der Waals surface area contributed by atoms with Crippen LogP contribution in [0.15, 0.2) is 96.3 Å². The topological polar surface area (TPSA) is 106 Å². The van der Waals surface area contributed by atoms with Crippen molar-refractivity contribution >= 4 is 5.91 Å². The SMILES string of the molecule is Cc1nc(-c2cccnc2)[nH]c(=O)c1CC(=O)NCc1ccccc1-c1ccc(Cn2cccn2)cc1. The molecule has 5 aromatic rings. The largest absolute Gasteiger partial charge is 0.352 e. The minimum atomic E-state index is -0.322. The van der Waals surface area contributed by atoms with Gasteiger partial charge in [-0.3, -0.25) is 19.3 Å². The van der Waals surface area contributed by atoms with Crippen LogP contribution in [0, 0.1) is 6.92 Å². The number of H-pyrrole nitrogens is 1. The van der Waals surface area contributed by atoms with E-state index in [9.17, 15) is 9.59 Å². The van der Waals surface area contributed by atoms with Gasteiger partial charge in [0.15, 0.2) is 0 Å². The van der Waals surface area contributed by atoms with Gasteiger partial charge in [0.1, 0.15) is 5.82 Å². The van der Waals surface area contributed by atoms with Crippen LogP contribution in [0.25, 0.3) is 22.5 Å². The highest BCUT2D eigenvalue weighted by Crippen LogP contribution is 2.24. The molecule has 0 radical (unpaired) electrons. The molecule has 0 bridgehead atoms. The standard InChI is InChI=1S/C29H26N6O2/c1-20-26(29(37)34-28(33-20)24-7-4-13-30-17-24)16-27(36)31-18-23-6-2-3-8-25(23)22-11-9-21(10-12-22)19-35-15-5-14-32-35/h2-15,17H,16,18-19H2,1H3,(H,31,36)(H,33,34,37). The lowest BCUT2D eigenvalue weighted by Gasteiger charge is -2.12. The minimum absolute atomic E-state index is 0.0498. The van der Waals surface area contributed by atoms with E-state index in [4.69, 9.17) is 0 Å². The number of carbonyl (C=O) groups is 1. The predicted octanol–water partition coefficient (Wildman–Crippen LogP) is 3.91. The number of rotatable bonds is 8. The Morgan fingerprint density at radius 3 is 2.54 bits per heavy atom. The van der Waals surface area contributed by atoms with Gasteiger partial charge in [0.2, 0.25) is 5.91 Å². The van der Waals surface area contributed by atoms with Crippen LogP contribution < -0.4 is 10.9 Å². The van der Waals surface area contributed by atoms with Crippen molar-refractivity contribution in [3.8, 4) is 22.5 Å². The van der Waals surface area contributed by atoms with Crippen molar-refractivity contribution in [2.75, 3.05) is 0 Å². The second-order valence-corrected chi connectivity index (χ2v) is 8.73. The van der Waals surface area contributed by atoms with Crippen LogP contribution in [-0.2, 0) is 24.3 Å². The summed E-state index contributed by atoms with van der Waals surface area (Å²) in [4.78, 5) is 36.8. The number of carbonyl (C=O) groups excluding carboxylic acids is 1. The predicted molar refractivity (Wildman–Crippen MR) is 142 cm³/mol. The Bertz CT molecular complexity index is 1560. The number of benzene rings is 2. The van der Waals surface area contributed by atoms with Gasteiger partial charge in [-0.1, -0.05) is 48.5 Å². The van der Waals surface area contributed by atoms with Crippen molar-refractivity contribution < 1.29 is 4.79 Å². The summed E-state index contributed by atoms with van der Waals surface area (Å²) < 4.78 is 1.88. The minimum Gasteiger partial charge on any atom is -0.352 e.